The summed E-state index contributed by atoms with van der Waals surface area (Å²) in [5.41, 5.74) is 1.84. The molecular formula is C9H16N2OS. The summed E-state index contributed by atoms with van der Waals surface area (Å²) in [6.45, 7) is 4.26. The predicted molar refractivity (Wildman–Crippen MR) is 54.7 cm³/mol. The number of hydrogen-bond donors (Lipinski definition) is 2. The zero-order valence-corrected chi connectivity index (χ0v) is 8.68. The highest BCUT2D eigenvalue weighted by molar-refractivity contribution is 7.09. The summed E-state index contributed by atoms with van der Waals surface area (Å²) in [5.74, 6) is 0.540. The molecule has 1 rings (SSSR count). The standard InChI is InChI=1S/C9H16N2OS/c1-8(2-3-12)4-10-5-9-6-11-7-13-9/h6-8,10,12H,2-5H2,1H3. The maximum absolute atomic E-state index is 8.68. The second-order valence-electron chi connectivity index (χ2n) is 3.22. The Bertz CT molecular complexity index is 213. The highest BCUT2D eigenvalue weighted by atomic mass is 32.1. The van der Waals surface area contributed by atoms with Gasteiger partial charge in [-0.2, -0.15) is 0 Å². The first kappa shape index (κ1) is 10.6. The Balaban J connectivity index is 2.07. The number of aromatic nitrogens is 1. The van der Waals surface area contributed by atoms with Crippen LogP contribution in [0.3, 0.4) is 0 Å². The van der Waals surface area contributed by atoms with Gasteiger partial charge in [-0.25, -0.2) is 0 Å². The van der Waals surface area contributed by atoms with Gasteiger partial charge in [0.25, 0.3) is 0 Å². The highest BCUT2D eigenvalue weighted by Gasteiger charge is 2.00. The number of aliphatic hydroxyl groups excluding tert-OH is 1. The van der Waals surface area contributed by atoms with Crippen molar-refractivity contribution in [3.05, 3.63) is 16.6 Å². The second kappa shape index (κ2) is 6.07. The lowest BCUT2D eigenvalue weighted by Crippen LogP contribution is -2.20. The summed E-state index contributed by atoms with van der Waals surface area (Å²) in [7, 11) is 0. The predicted octanol–water partition coefficient (Wildman–Crippen LogP) is 1.25. The van der Waals surface area contributed by atoms with Gasteiger partial charge in [0.15, 0.2) is 0 Å². The van der Waals surface area contributed by atoms with Crippen LogP contribution in [0.25, 0.3) is 0 Å². The van der Waals surface area contributed by atoms with Gasteiger partial charge in [0.2, 0.25) is 0 Å². The van der Waals surface area contributed by atoms with Crippen LogP contribution in [0.2, 0.25) is 0 Å². The number of nitrogens with one attached hydrogen (secondary N) is 1. The fraction of sp³-hybridized carbons (Fsp3) is 0.667. The average molecular weight is 200 g/mol. The van der Waals surface area contributed by atoms with Crippen molar-refractivity contribution in [3.8, 4) is 0 Å². The molecule has 0 radical (unpaired) electrons. The minimum absolute atomic E-state index is 0.281. The van der Waals surface area contributed by atoms with E-state index in [-0.39, 0.29) is 6.61 Å². The van der Waals surface area contributed by atoms with Gasteiger partial charge in [-0.15, -0.1) is 11.3 Å². The molecule has 0 saturated carbocycles. The summed E-state index contributed by atoms with van der Waals surface area (Å²) in [6.07, 6.45) is 2.75. The molecule has 4 heteroatoms. The van der Waals surface area contributed by atoms with Crippen molar-refractivity contribution < 1.29 is 5.11 Å². The summed E-state index contributed by atoms with van der Waals surface area (Å²) in [4.78, 5) is 5.26. The molecule has 0 aliphatic heterocycles. The number of thiazole rings is 1. The van der Waals surface area contributed by atoms with Gasteiger partial charge < -0.3 is 10.4 Å². The Morgan fingerprint density at radius 1 is 1.69 bits per heavy atom. The average Bonchev–Trinajstić information content (AvgIpc) is 2.57. The number of rotatable bonds is 6. The van der Waals surface area contributed by atoms with E-state index in [4.69, 9.17) is 5.11 Å². The van der Waals surface area contributed by atoms with E-state index in [1.165, 1.54) is 4.88 Å². The maximum Gasteiger partial charge on any atom is 0.0794 e. The fourth-order valence-electron chi connectivity index (χ4n) is 1.09. The zero-order chi connectivity index (χ0) is 9.52. The van der Waals surface area contributed by atoms with E-state index in [2.05, 4.69) is 17.2 Å². The van der Waals surface area contributed by atoms with E-state index in [9.17, 15) is 0 Å². The van der Waals surface area contributed by atoms with Crippen LogP contribution >= 0.6 is 11.3 Å². The van der Waals surface area contributed by atoms with Crippen molar-refractivity contribution in [1.82, 2.24) is 10.3 Å². The minimum atomic E-state index is 0.281. The van der Waals surface area contributed by atoms with Crippen molar-refractivity contribution in [1.29, 1.82) is 0 Å². The van der Waals surface area contributed by atoms with Crippen LogP contribution < -0.4 is 5.32 Å². The number of hydrogen-bond acceptors (Lipinski definition) is 4. The molecule has 0 aliphatic carbocycles. The number of aliphatic hydroxyl groups is 1. The molecule has 0 aliphatic rings. The normalized spacial score (nSPS) is 13.1. The van der Waals surface area contributed by atoms with Crippen molar-refractivity contribution >= 4 is 11.3 Å². The topological polar surface area (TPSA) is 45.1 Å². The molecule has 2 N–H and O–H groups in total. The minimum Gasteiger partial charge on any atom is -0.396 e. The molecule has 0 amide bonds. The van der Waals surface area contributed by atoms with Crippen LogP contribution in [0, 0.1) is 5.92 Å². The Kier molecular flexibility index (Phi) is 4.97. The molecule has 0 fully saturated rings. The fourth-order valence-corrected chi connectivity index (χ4v) is 1.66. The van der Waals surface area contributed by atoms with Crippen LogP contribution in [-0.2, 0) is 6.54 Å². The Morgan fingerprint density at radius 2 is 2.54 bits per heavy atom. The van der Waals surface area contributed by atoms with Crippen LogP contribution in [0.5, 0.6) is 0 Å². The lowest BCUT2D eigenvalue weighted by molar-refractivity contribution is 0.260. The molecule has 1 atom stereocenters. The van der Waals surface area contributed by atoms with Crippen LogP contribution in [-0.4, -0.2) is 23.2 Å². The summed E-state index contributed by atoms with van der Waals surface area (Å²) in [5, 5.41) is 12.0. The summed E-state index contributed by atoms with van der Waals surface area (Å²) < 4.78 is 0. The Morgan fingerprint density at radius 3 is 3.15 bits per heavy atom. The summed E-state index contributed by atoms with van der Waals surface area (Å²) >= 11 is 1.66. The number of nitrogens with zero attached hydrogens (tertiary/aromatic N) is 1. The van der Waals surface area contributed by atoms with E-state index >= 15 is 0 Å². The molecule has 0 aromatic carbocycles. The third kappa shape index (κ3) is 4.36. The van der Waals surface area contributed by atoms with Gasteiger partial charge in [0.1, 0.15) is 0 Å². The third-order valence-corrected chi connectivity index (χ3v) is 2.68. The molecule has 1 aromatic rings. The zero-order valence-electron chi connectivity index (χ0n) is 7.86. The molecular weight excluding hydrogens is 184 g/mol. The molecule has 3 nitrogen and oxygen atoms in total. The first-order chi connectivity index (χ1) is 6.33. The highest BCUT2D eigenvalue weighted by Crippen LogP contribution is 2.05. The van der Waals surface area contributed by atoms with E-state index < -0.39 is 0 Å². The SMILES string of the molecule is CC(CCO)CNCc1cncs1. The van der Waals surface area contributed by atoms with E-state index in [0.717, 1.165) is 19.5 Å². The van der Waals surface area contributed by atoms with Crippen molar-refractivity contribution in [2.24, 2.45) is 5.92 Å². The molecule has 0 bridgehead atoms. The molecule has 13 heavy (non-hydrogen) atoms. The van der Waals surface area contributed by atoms with E-state index in [1.54, 1.807) is 11.3 Å². The molecule has 74 valence electrons. The van der Waals surface area contributed by atoms with Gasteiger partial charge in [-0.1, -0.05) is 6.92 Å². The van der Waals surface area contributed by atoms with E-state index in [1.807, 2.05) is 11.7 Å². The van der Waals surface area contributed by atoms with Gasteiger partial charge in [0, 0.05) is 24.2 Å². The maximum atomic E-state index is 8.68. The van der Waals surface area contributed by atoms with Crippen molar-refractivity contribution in [3.63, 3.8) is 0 Å². The van der Waals surface area contributed by atoms with Gasteiger partial charge in [-0.3, -0.25) is 4.98 Å². The van der Waals surface area contributed by atoms with Crippen LogP contribution in [0.15, 0.2) is 11.7 Å². The molecule has 1 unspecified atom stereocenters. The lowest BCUT2D eigenvalue weighted by Gasteiger charge is -2.09. The van der Waals surface area contributed by atoms with Crippen LogP contribution in [0.1, 0.15) is 18.2 Å². The van der Waals surface area contributed by atoms with Crippen molar-refractivity contribution in [2.75, 3.05) is 13.2 Å². The summed E-state index contributed by atoms with van der Waals surface area (Å²) in [6, 6.07) is 0. The van der Waals surface area contributed by atoms with E-state index in [0.29, 0.717) is 5.92 Å². The Labute approximate surface area is 82.8 Å². The molecule has 0 spiro atoms. The smallest absolute Gasteiger partial charge is 0.0794 e. The van der Waals surface area contributed by atoms with Gasteiger partial charge in [0.05, 0.1) is 5.51 Å². The molecule has 1 heterocycles. The third-order valence-electron chi connectivity index (χ3n) is 1.90. The molecule has 1 aromatic heterocycles. The van der Waals surface area contributed by atoms with Gasteiger partial charge >= 0.3 is 0 Å². The van der Waals surface area contributed by atoms with Gasteiger partial charge in [-0.05, 0) is 18.9 Å². The molecule has 0 saturated heterocycles. The van der Waals surface area contributed by atoms with Crippen LogP contribution in [0.4, 0.5) is 0 Å². The monoisotopic (exact) mass is 200 g/mol. The Hall–Kier alpha value is -0.450. The lowest BCUT2D eigenvalue weighted by atomic mass is 10.1. The first-order valence-corrected chi connectivity index (χ1v) is 5.40. The second-order valence-corrected chi connectivity index (χ2v) is 4.19. The largest absolute Gasteiger partial charge is 0.396 e. The first-order valence-electron chi connectivity index (χ1n) is 4.52. The van der Waals surface area contributed by atoms with Crippen molar-refractivity contribution in [2.45, 2.75) is 19.9 Å². The quantitative estimate of drug-likeness (QED) is 0.726.